The van der Waals surface area contributed by atoms with E-state index in [9.17, 15) is 9.36 Å². The molecular weight excluding hydrogens is 239 g/mol. The van der Waals surface area contributed by atoms with E-state index in [-0.39, 0.29) is 6.61 Å². The Kier molecular flexibility index (Phi) is 4.91. The highest BCUT2D eigenvalue weighted by molar-refractivity contribution is 7.66. The van der Waals surface area contributed by atoms with Crippen LogP contribution in [0.25, 0.3) is 0 Å². The van der Waals surface area contributed by atoms with Gasteiger partial charge in [-0.25, -0.2) is 4.79 Å². The predicted octanol–water partition coefficient (Wildman–Crippen LogP) is 2.43. The molecule has 0 aliphatic carbocycles. The Hall–Kier alpha value is -1.12. The van der Waals surface area contributed by atoms with Crippen molar-refractivity contribution in [2.24, 2.45) is 0 Å². The number of carbonyl (C=O) groups excluding carboxylic acids is 1. The van der Waals surface area contributed by atoms with Gasteiger partial charge in [-0.05, 0) is 26.0 Å². The van der Waals surface area contributed by atoms with Gasteiger partial charge in [-0.3, -0.25) is 4.57 Å². The van der Waals surface area contributed by atoms with Gasteiger partial charge in [0.1, 0.15) is 0 Å². The number of benzene rings is 1. The van der Waals surface area contributed by atoms with E-state index in [2.05, 4.69) is 0 Å². The summed E-state index contributed by atoms with van der Waals surface area (Å²) in [4.78, 5) is 11.7. The monoisotopic (exact) mass is 256 g/mol. The van der Waals surface area contributed by atoms with Crippen LogP contribution in [0.2, 0.25) is 0 Å². The lowest BCUT2D eigenvalue weighted by Gasteiger charge is -2.15. The summed E-state index contributed by atoms with van der Waals surface area (Å²) < 4.78 is 22.5. The second-order valence-corrected chi connectivity index (χ2v) is 5.93. The maximum Gasteiger partial charge on any atom is 0.338 e. The minimum atomic E-state index is -2.96. The van der Waals surface area contributed by atoms with Crippen molar-refractivity contribution in [2.75, 3.05) is 19.9 Å². The fourth-order valence-electron chi connectivity index (χ4n) is 1.53. The SMILES string of the molecule is CCOC(=O)c1ccccc1P(C)(=O)OCC. The third kappa shape index (κ3) is 3.42. The molecule has 1 aromatic carbocycles. The highest BCUT2D eigenvalue weighted by Crippen LogP contribution is 2.42. The summed E-state index contributed by atoms with van der Waals surface area (Å²) in [6, 6.07) is 6.68. The zero-order valence-electron chi connectivity index (χ0n) is 10.3. The van der Waals surface area contributed by atoms with Crippen molar-refractivity contribution >= 4 is 18.6 Å². The minimum absolute atomic E-state index is 0.288. The summed E-state index contributed by atoms with van der Waals surface area (Å²) in [5, 5.41) is 0.417. The van der Waals surface area contributed by atoms with Crippen LogP contribution in [0.3, 0.4) is 0 Å². The largest absolute Gasteiger partial charge is 0.462 e. The highest BCUT2D eigenvalue weighted by Gasteiger charge is 2.25. The Morgan fingerprint density at radius 3 is 2.47 bits per heavy atom. The fourth-order valence-corrected chi connectivity index (χ4v) is 3.12. The molecule has 1 aromatic rings. The van der Waals surface area contributed by atoms with Crippen molar-refractivity contribution in [3.05, 3.63) is 29.8 Å². The molecule has 1 rings (SSSR count). The molecule has 0 saturated heterocycles. The molecule has 0 aromatic heterocycles. The van der Waals surface area contributed by atoms with Gasteiger partial charge in [0.15, 0.2) is 0 Å². The molecule has 94 valence electrons. The molecule has 0 fully saturated rings. The zero-order valence-corrected chi connectivity index (χ0v) is 11.2. The van der Waals surface area contributed by atoms with Crippen molar-refractivity contribution in [2.45, 2.75) is 13.8 Å². The van der Waals surface area contributed by atoms with E-state index in [1.54, 1.807) is 38.1 Å². The lowest BCUT2D eigenvalue weighted by molar-refractivity contribution is 0.0527. The van der Waals surface area contributed by atoms with Crippen molar-refractivity contribution in [1.82, 2.24) is 0 Å². The Bertz CT molecular complexity index is 442. The van der Waals surface area contributed by atoms with E-state index in [4.69, 9.17) is 9.26 Å². The maximum absolute atomic E-state index is 12.3. The molecule has 1 unspecified atom stereocenters. The normalized spacial score (nSPS) is 14.1. The summed E-state index contributed by atoms with van der Waals surface area (Å²) in [6.07, 6.45) is 0. The van der Waals surface area contributed by atoms with Gasteiger partial charge in [0.05, 0.1) is 24.1 Å². The molecule has 0 aliphatic rings. The molecule has 1 atom stereocenters. The lowest BCUT2D eigenvalue weighted by atomic mass is 10.2. The third-order valence-electron chi connectivity index (χ3n) is 2.21. The molecule has 0 spiro atoms. The lowest BCUT2D eigenvalue weighted by Crippen LogP contribution is -2.18. The molecule has 0 saturated carbocycles. The topological polar surface area (TPSA) is 52.6 Å². The van der Waals surface area contributed by atoms with Crippen molar-refractivity contribution in [1.29, 1.82) is 0 Å². The molecular formula is C12H17O4P. The van der Waals surface area contributed by atoms with Gasteiger partial charge < -0.3 is 9.26 Å². The minimum Gasteiger partial charge on any atom is -0.462 e. The summed E-state index contributed by atoms with van der Waals surface area (Å²) >= 11 is 0. The van der Waals surface area contributed by atoms with Crippen LogP contribution >= 0.6 is 7.37 Å². The first kappa shape index (κ1) is 13.9. The molecule has 0 amide bonds. The highest BCUT2D eigenvalue weighted by atomic mass is 31.2. The number of carbonyl (C=O) groups is 1. The maximum atomic E-state index is 12.3. The first-order chi connectivity index (χ1) is 8.03. The molecule has 5 heteroatoms. The summed E-state index contributed by atoms with van der Waals surface area (Å²) in [5.74, 6) is -0.468. The summed E-state index contributed by atoms with van der Waals surface area (Å²) in [6.45, 7) is 5.63. The van der Waals surface area contributed by atoms with Gasteiger partial charge in [0.2, 0.25) is 7.37 Å². The van der Waals surface area contributed by atoms with Gasteiger partial charge in [0, 0.05) is 6.66 Å². The Balaban J connectivity index is 3.16. The molecule has 0 heterocycles. The number of hydrogen-bond donors (Lipinski definition) is 0. The van der Waals surface area contributed by atoms with Crippen LogP contribution in [0.5, 0.6) is 0 Å². The van der Waals surface area contributed by atoms with Crippen molar-refractivity contribution < 1.29 is 18.6 Å². The van der Waals surface area contributed by atoms with Crippen molar-refractivity contribution in [3.8, 4) is 0 Å². The second-order valence-electron chi connectivity index (χ2n) is 3.50. The summed E-state index contributed by atoms with van der Waals surface area (Å²) in [7, 11) is -2.96. The molecule has 17 heavy (non-hydrogen) atoms. The molecule has 0 N–H and O–H groups in total. The number of hydrogen-bond acceptors (Lipinski definition) is 4. The van der Waals surface area contributed by atoms with Crippen molar-refractivity contribution in [3.63, 3.8) is 0 Å². The van der Waals surface area contributed by atoms with Crippen LogP contribution in [0.4, 0.5) is 0 Å². The van der Waals surface area contributed by atoms with Crippen LogP contribution in [-0.2, 0) is 13.8 Å². The van der Waals surface area contributed by atoms with Crippen LogP contribution in [0, 0.1) is 0 Å². The average molecular weight is 256 g/mol. The van der Waals surface area contributed by atoms with Crippen LogP contribution in [0.1, 0.15) is 24.2 Å². The van der Waals surface area contributed by atoms with E-state index in [0.29, 0.717) is 17.5 Å². The van der Waals surface area contributed by atoms with Gasteiger partial charge in [-0.2, -0.15) is 0 Å². The van der Waals surface area contributed by atoms with Crippen LogP contribution in [-0.4, -0.2) is 25.8 Å². The Morgan fingerprint density at radius 1 is 1.24 bits per heavy atom. The smallest absolute Gasteiger partial charge is 0.338 e. The van der Waals surface area contributed by atoms with E-state index in [1.165, 1.54) is 6.66 Å². The van der Waals surface area contributed by atoms with E-state index in [1.807, 2.05) is 0 Å². The number of ether oxygens (including phenoxy) is 1. The molecule has 0 aliphatic heterocycles. The Labute approximate surface area is 101 Å². The van der Waals surface area contributed by atoms with Crippen LogP contribution < -0.4 is 5.30 Å². The predicted molar refractivity (Wildman–Crippen MR) is 67.2 cm³/mol. The second kappa shape index (κ2) is 5.99. The molecule has 4 nitrogen and oxygen atoms in total. The van der Waals surface area contributed by atoms with Gasteiger partial charge in [0.25, 0.3) is 0 Å². The van der Waals surface area contributed by atoms with E-state index < -0.39 is 13.3 Å². The van der Waals surface area contributed by atoms with E-state index in [0.717, 1.165) is 0 Å². The fraction of sp³-hybridized carbons (Fsp3) is 0.417. The van der Waals surface area contributed by atoms with E-state index >= 15 is 0 Å². The van der Waals surface area contributed by atoms with Gasteiger partial charge in [-0.1, -0.05) is 12.1 Å². The number of rotatable bonds is 5. The van der Waals surface area contributed by atoms with Gasteiger partial charge in [-0.15, -0.1) is 0 Å². The molecule has 0 radical (unpaired) electrons. The molecule has 0 bridgehead atoms. The first-order valence-corrected chi connectivity index (χ1v) is 7.59. The number of esters is 1. The first-order valence-electron chi connectivity index (χ1n) is 5.51. The average Bonchev–Trinajstić information content (AvgIpc) is 2.29. The zero-order chi connectivity index (χ0) is 12.9. The summed E-state index contributed by atoms with van der Waals surface area (Å²) in [5.41, 5.74) is 0.314. The third-order valence-corrected chi connectivity index (χ3v) is 4.23. The quantitative estimate of drug-likeness (QED) is 0.599. The van der Waals surface area contributed by atoms with Crippen LogP contribution in [0.15, 0.2) is 24.3 Å². The Morgan fingerprint density at radius 2 is 1.88 bits per heavy atom. The standard InChI is InChI=1S/C12H17O4P/c1-4-15-12(13)10-8-6-7-9-11(10)17(3,14)16-5-2/h6-9H,4-5H2,1-3H3. The van der Waals surface area contributed by atoms with Gasteiger partial charge >= 0.3 is 5.97 Å².